The second-order valence-corrected chi connectivity index (χ2v) is 7.60. The largest absolute Gasteiger partial charge is 0.493 e. The summed E-state index contributed by atoms with van der Waals surface area (Å²) in [4.78, 5) is 17.5. The monoisotopic (exact) mass is 405 g/mol. The Kier molecular flexibility index (Phi) is 6.13. The lowest BCUT2D eigenvalue weighted by atomic mass is 9.98. The van der Waals surface area contributed by atoms with Gasteiger partial charge in [-0.15, -0.1) is 11.3 Å². The van der Waals surface area contributed by atoms with Crippen LogP contribution in [0.1, 0.15) is 29.8 Å². The first-order chi connectivity index (χ1) is 13.0. The van der Waals surface area contributed by atoms with E-state index in [1.165, 1.54) is 16.0 Å². The molecule has 0 saturated heterocycles. The summed E-state index contributed by atoms with van der Waals surface area (Å²) in [6, 6.07) is 9.10. The van der Waals surface area contributed by atoms with Gasteiger partial charge in [0.2, 0.25) is 5.88 Å². The molecule has 8 heteroatoms. The third kappa shape index (κ3) is 4.87. The Morgan fingerprint density at radius 1 is 1.37 bits per heavy atom. The van der Waals surface area contributed by atoms with Gasteiger partial charge in [0, 0.05) is 40.7 Å². The number of rotatable bonds is 7. The molecule has 27 heavy (non-hydrogen) atoms. The fraction of sp³-hybridized carbons (Fsp3) is 0.316. The van der Waals surface area contributed by atoms with Crippen LogP contribution in [-0.4, -0.2) is 32.4 Å². The molecule has 2 heterocycles. The fourth-order valence-corrected chi connectivity index (χ4v) is 3.91. The zero-order valence-corrected chi connectivity index (χ0v) is 16.6. The van der Waals surface area contributed by atoms with Gasteiger partial charge in [0.25, 0.3) is 0 Å². The number of aromatic hydroxyl groups is 1. The van der Waals surface area contributed by atoms with Gasteiger partial charge in [-0.25, -0.2) is 9.67 Å². The Balaban J connectivity index is 1.85. The Labute approximate surface area is 166 Å². The van der Waals surface area contributed by atoms with Crippen molar-refractivity contribution in [1.29, 1.82) is 0 Å². The maximum atomic E-state index is 12.1. The molecule has 6 nitrogen and oxygen atoms in total. The molecule has 0 aliphatic heterocycles. The van der Waals surface area contributed by atoms with Gasteiger partial charge in [-0.2, -0.15) is 5.10 Å². The number of benzene rings is 1. The third-order valence-corrected chi connectivity index (χ3v) is 5.56. The number of carbonyl (C=O) groups excluding carboxylic acids is 1. The predicted octanol–water partition coefficient (Wildman–Crippen LogP) is 4.18. The van der Waals surface area contributed by atoms with Gasteiger partial charge in [-0.3, -0.25) is 4.79 Å². The number of halogens is 1. The summed E-state index contributed by atoms with van der Waals surface area (Å²) in [5.41, 5.74) is 1.69. The first kappa shape index (κ1) is 19.4. The van der Waals surface area contributed by atoms with E-state index >= 15 is 0 Å². The molecule has 3 aromatic rings. The Morgan fingerprint density at radius 3 is 2.74 bits per heavy atom. The molecule has 3 rings (SSSR count). The van der Waals surface area contributed by atoms with Crippen LogP contribution < -0.4 is 0 Å². The molecule has 0 amide bonds. The predicted molar refractivity (Wildman–Crippen MR) is 105 cm³/mol. The maximum Gasteiger partial charge on any atom is 0.306 e. The van der Waals surface area contributed by atoms with E-state index in [2.05, 4.69) is 10.1 Å². The average molecular weight is 406 g/mol. The molecule has 0 spiro atoms. The van der Waals surface area contributed by atoms with Crippen molar-refractivity contribution in [1.82, 2.24) is 14.8 Å². The topological polar surface area (TPSA) is 77.2 Å². The lowest BCUT2D eigenvalue weighted by Gasteiger charge is -2.12. The number of hydrogen-bond donors (Lipinski definition) is 1. The fourth-order valence-electron chi connectivity index (χ4n) is 2.76. The van der Waals surface area contributed by atoms with Crippen molar-refractivity contribution in [3.05, 3.63) is 52.1 Å². The number of carbonyl (C=O) groups is 1. The summed E-state index contributed by atoms with van der Waals surface area (Å²) in [5, 5.41) is 15.6. The minimum absolute atomic E-state index is 0.0889. The Bertz CT molecular complexity index is 901. The molecule has 1 atom stereocenters. The normalized spacial score (nSPS) is 12.1. The van der Waals surface area contributed by atoms with Crippen molar-refractivity contribution in [3.8, 4) is 16.5 Å². The molecular formula is C19H20ClN3O3S. The number of aromatic nitrogens is 3. The highest BCUT2D eigenvalue weighted by Crippen LogP contribution is 2.34. The maximum absolute atomic E-state index is 12.1. The van der Waals surface area contributed by atoms with E-state index in [0.717, 1.165) is 15.4 Å². The van der Waals surface area contributed by atoms with Crippen LogP contribution in [0.15, 0.2) is 36.5 Å². The number of thiazole rings is 1. The van der Waals surface area contributed by atoms with E-state index in [0.29, 0.717) is 23.7 Å². The molecule has 1 N–H and O–H groups in total. The molecule has 1 aromatic carbocycles. The molecule has 0 saturated carbocycles. The van der Waals surface area contributed by atoms with Crippen LogP contribution in [0.3, 0.4) is 0 Å². The van der Waals surface area contributed by atoms with Crippen molar-refractivity contribution in [2.75, 3.05) is 6.61 Å². The number of nitrogens with zero attached hydrogens (tertiary/aromatic N) is 3. The van der Waals surface area contributed by atoms with Crippen molar-refractivity contribution >= 4 is 28.9 Å². The standard InChI is InChI=1S/C19H20ClN3O3S/c1-3-26-18(25)9-13(8-15-10-17(24)23(2)22-15)16-11-21-19(27-16)12-4-6-14(20)7-5-12/h4-7,10-11,13,24H,3,8-9H2,1-2H3. The minimum Gasteiger partial charge on any atom is -0.493 e. The Morgan fingerprint density at radius 2 is 2.11 bits per heavy atom. The number of ether oxygens (including phenoxy) is 1. The van der Waals surface area contributed by atoms with Crippen molar-refractivity contribution in [2.45, 2.75) is 25.7 Å². The van der Waals surface area contributed by atoms with Gasteiger partial charge in [0.05, 0.1) is 18.7 Å². The van der Waals surface area contributed by atoms with E-state index in [1.54, 1.807) is 26.2 Å². The minimum atomic E-state index is -0.260. The molecule has 2 aromatic heterocycles. The highest BCUT2D eigenvalue weighted by Gasteiger charge is 2.22. The first-order valence-electron chi connectivity index (χ1n) is 8.55. The molecule has 1 unspecified atom stereocenters. The molecule has 0 bridgehead atoms. The molecule has 142 valence electrons. The van der Waals surface area contributed by atoms with E-state index in [1.807, 2.05) is 24.3 Å². The van der Waals surface area contributed by atoms with Gasteiger partial charge < -0.3 is 9.84 Å². The summed E-state index contributed by atoms with van der Waals surface area (Å²) >= 11 is 7.48. The van der Waals surface area contributed by atoms with Crippen molar-refractivity contribution in [2.24, 2.45) is 7.05 Å². The van der Waals surface area contributed by atoms with Crippen molar-refractivity contribution < 1.29 is 14.6 Å². The van der Waals surface area contributed by atoms with Gasteiger partial charge in [-0.1, -0.05) is 23.7 Å². The zero-order valence-electron chi connectivity index (χ0n) is 15.1. The summed E-state index contributed by atoms with van der Waals surface area (Å²) in [6.07, 6.45) is 2.53. The number of esters is 1. The Hall–Kier alpha value is -2.38. The van der Waals surface area contributed by atoms with Crippen LogP contribution in [0.5, 0.6) is 5.88 Å². The van der Waals surface area contributed by atoms with E-state index < -0.39 is 0 Å². The van der Waals surface area contributed by atoms with Crippen LogP contribution in [0.2, 0.25) is 5.02 Å². The van der Waals surface area contributed by atoms with Gasteiger partial charge in [0.15, 0.2) is 0 Å². The van der Waals surface area contributed by atoms with Crippen molar-refractivity contribution in [3.63, 3.8) is 0 Å². The molecule has 0 radical (unpaired) electrons. The van der Waals surface area contributed by atoms with Gasteiger partial charge >= 0.3 is 5.97 Å². The summed E-state index contributed by atoms with van der Waals surface area (Å²) in [5.74, 6) is -0.299. The smallest absolute Gasteiger partial charge is 0.306 e. The van der Waals surface area contributed by atoms with Crippen LogP contribution in [0.4, 0.5) is 0 Å². The van der Waals surface area contributed by atoms with Crippen LogP contribution in [-0.2, 0) is 23.0 Å². The third-order valence-electron chi connectivity index (χ3n) is 4.10. The van der Waals surface area contributed by atoms with E-state index in [9.17, 15) is 9.90 Å². The van der Waals surface area contributed by atoms with Gasteiger partial charge in [0.1, 0.15) is 5.01 Å². The van der Waals surface area contributed by atoms with E-state index in [4.69, 9.17) is 16.3 Å². The number of hydrogen-bond acceptors (Lipinski definition) is 6. The molecule has 0 aliphatic rings. The van der Waals surface area contributed by atoms with Crippen LogP contribution >= 0.6 is 22.9 Å². The van der Waals surface area contributed by atoms with Crippen LogP contribution in [0, 0.1) is 0 Å². The average Bonchev–Trinajstić information content (AvgIpc) is 3.23. The molecule has 0 aliphatic carbocycles. The highest BCUT2D eigenvalue weighted by atomic mass is 35.5. The zero-order chi connectivity index (χ0) is 19.4. The summed E-state index contributed by atoms with van der Waals surface area (Å²) < 4.78 is 6.53. The molecular weight excluding hydrogens is 386 g/mol. The SMILES string of the molecule is CCOC(=O)CC(Cc1cc(O)n(C)n1)c1cnc(-c2ccc(Cl)cc2)s1. The van der Waals surface area contributed by atoms with E-state index in [-0.39, 0.29) is 24.2 Å². The quantitative estimate of drug-likeness (QED) is 0.596. The lowest BCUT2D eigenvalue weighted by molar-refractivity contribution is -0.143. The molecule has 0 fully saturated rings. The highest BCUT2D eigenvalue weighted by molar-refractivity contribution is 7.15. The van der Waals surface area contributed by atoms with Crippen LogP contribution in [0.25, 0.3) is 10.6 Å². The summed E-state index contributed by atoms with van der Waals surface area (Å²) in [6.45, 7) is 2.13. The van der Waals surface area contributed by atoms with Gasteiger partial charge in [-0.05, 0) is 25.5 Å². The second-order valence-electron chi connectivity index (χ2n) is 6.10. The first-order valence-corrected chi connectivity index (χ1v) is 9.75. The lowest BCUT2D eigenvalue weighted by Crippen LogP contribution is -2.12. The number of aryl methyl sites for hydroxylation is 1. The summed E-state index contributed by atoms with van der Waals surface area (Å²) in [7, 11) is 1.67. The second kappa shape index (κ2) is 8.54.